The monoisotopic (exact) mass is 287 g/mol. The zero-order valence-corrected chi connectivity index (χ0v) is 12.0. The number of hydrogen-bond donors (Lipinski definition) is 3. The van der Waals surface area contributed by atoms with Gasteiger partial charge in [0.25, 0.3) is 0 Å². The van der Waals surface area contributed by atoms with Crippen molar-refractivity contribution < 1.29 is 9.18 Å². The predicted molar refractivity (Wildman–Crippen MR) is 83.0 cm³/mol. The fourth-order valence-electron chi connectivity index (χ4n) is 1.96. The highest BCUT2D eigenvalue weighted by atomic mass is 19.1. The second-order valence-electron chi connectivity index (χ2n) is 4.68. The molecule has 5 heteroatoms. The maximum Gasteiger partial charge on any atom is 0.323 e. The van der Waals surface area contributed by atoms with Crippen LogP contribution in [0.15, 0.2) is 48.5 Å². The molecule has 2 aromatic rings. The molecule has 2 aromatic carbocycles. The zero-order chi connectivity index (χ0) is 15.2. The third kappa shape index (κ3) is 4.03. The Morgan fingerprint density at radius 1 is 1.05 bits per heavy atom. The lowest BCUT2D eigenvalue weighted by Gasteiger charge is -2.16. The molecule has 0 aromatic heterocycles. The molecule has 0 bridgehead atoms. The molecule has 0 aliphatic heterocycles. The van der Waals surface area contributed by atoms with Gasteiger partial charge in [-0.1, -0.05) is 18.2 Å². The third-order valence-corrected chi connectivity index (χ3v) is 3.21. The Morgan fingerprint density at radius 2 is 1.71 bits per heavy atom. The fourth-order valence-corrected chi connectivity index (χ4v) is 1.96. The lowest BCUT2D eigenvalue weighted by molar-refractivity contribution is 0.262. The first-order valence-corrected chi connectivity index (χ1v) is 6.70. The van der Waals surface area contributed by atoms with E-state index in [9.17, 15) is 9.18 Å². The number of carbonyl (C=O) groups is 1. The van der Waals surface area contributed by atoms with Crippen molar-refractivity contribution in [2.45, 2.75) is 13.0 Å². The van der Waals surface area contributed by atoms with Crippen molar-refractivity contribution in [3.05, 3.63) is 59.9 Å². The summed E-state index contributed by atoms with van der Waals surface area (Å²) >= 11 is 0. The Hall–Kier alpha value is -2.40. The summed E-state index contributed by atoms with van der Waals surface area (Å²) in [6.07, 6.45) is 0. The summed E-state index contributed by atoms with van der Waals surface area (Å²) < 4.78 is 12.8. The second-order valence-corrected chi connectivity index (χ2v) is 4.68. The molecule has 0 radical (unpaired) electrons. The second kappa shape index (κ2) is 6.85. The molecule has 2 amide bonds. The summed E-state index contributed by atoms with van der Waals surface area (Å²) in [5.41, 5.74) is 2.27. The van der Waals surface area contributed by atoms with Crippen LogP contribution in [0.1, 0.15) is 18.5 Å². The SMILES string of the molecule is CNC(C)c1ccccc1NC(=O)Nc1ccc(F)cc1. The number of nitrogens with one attached hydrogen (secondary N) is 3. The highest BCUT2D eigenvalue weighted by molar-refractivity contribution is 6.00. The Kier molecular flexibility index (Phi) is 4.90. The molecule has 110 valence electrons. The van der Waals surface area contributed by atoms with E-state index >= 15 is 0 Å². The van der Waals surface area contributed by atoms with Gasteiger partial charge in [0.05, 0.1) is 0 Å². The molecule has 0 aliphatic carbocycles. The number of para-hydroxylation sites is 1. The molecule has 4 nitrogen and oxygen atoms in total. The first-order valence-electron chi connectivity index (χ1n) is 6.70. The van der Waals surface area contributed by atoms with Gasteiger partial charge < -0.3 is 16.0 Å². The van der Waals surface area contributed by atoms with Gasteiger partial charge in [0.2, 0.25) is 0 Å². The van der Waals surface area contributed by atoms with Crippen LogP contribution < -0.4 is 16.0 Å². The molecule has 21 heavy (non-hydrogen) atoms. The van der Waals surface area contributed by atoms with Gasteiger partial charge in [-0.05, 0) is 49.9 Å². The van der Waals surface area contributed by atoms with E-state index in [1.165, 1.54) is 24.3 Å². The minimum atomic E-state index is -0.364. The van der Waals surface area contributed by atoms with Crippen LogP contribution in [0.4, 0.5) is 20.6 Å². The number of halogens is 1. The highest BCUT2D eigenvalue weighted by Gasteiger charge is 2.10. The number of anilines is 2. The molecular weight excluding hydrogens is 269 g/mol. The van der Waals surface area contributed by atoms with Gasteiger partial charge in [-0.2, -0.15) is 0 Å². The molecule has 0 saturated heterocycles. The van der Waals surface area contributed by atoms with E-state index in [1.54, 1.807) is 0 Å². The van der Waals surface area contributed by atoms with Crippen molar-refractivity contribution in [3.63, 3.8) is 0 Å². The first-order chi connectivity index (χ1) is 10.1. The number of rotatable bonds is 4. The molecule has 1 atom stereocenters. The van der Waals surface area contributed by atoms with Gasteiger partial charge in [-0.25, -0.2) is 9.18 Å². The highest BCUT2D eigenvalue weighted by Crippen LogP contribution is 2.22. The third-order valence-electron chi connectivity index (χ3n) is 3.21. The van der Waals surface area contributed by atoms with E-state index in [2.05, 4.69) is 16.0 Å². The minimum Gasteiger partial charge on any atom is -0.313 e. The summed E-state index contributed by atoms with van der Waals surface area (Å²) in [5.74, 6) is -0.339. The molecule has 2 rings (SSSR count). The van der Waals surface area contributed by atoms with E-state index in [0.29, 0.717) is 5.69 Å². The lowest BCUT2D eigenvalue weighted by Crippen LogP contribution is -2.22. The van der Waals surface area contributed by atoms with Gasteiger partial charge in [0.1, 0.15) is 5.82 Å². The van der Waals surface area contributed by atoms with E-state index in [0.717, 1.165) is 11.3 Å². The van der Waals surface area contributed by atoms with Gasteiger partial charge in [0, 0.05) is 17.4 Å². The van der Waals surface area contributed by atoms with Crippen LogP contribution in [0.2, 0.25) is 0 Å². The Balaban J connectivity index is 2.07. The molecule has 0 heterocycles. The maximum atomic E-state index is 12.8. The topological polar surface area (TPSA) is 53.2 Å². The molecule has 1 unspecified atom stereocenters. The van der Waals surface area contributed by atoms with Crippen LogP contribution >= 0.6 is 0 Å². The Bertz CT molecular complexity index is 613. The average Bonchev–Trinajstić information content (AvgIpc) is 2.49. The number of carbonyl (C=O) groups excluding carboxylic acids is 1. The summed E-state index contributed by atoms with van der Waals surface area (Å²) in [7, 11) is 1.86. The molecule has 0 spiro atoms. The average molecular weight is 287 g/mol. The van der Waals surface area contributed by atoms with Crippen molar-refractivity contribution in [1.29, 1.82) is 0 Å². The van der Waals surface area contributed by atoms with Crippen LogP contribution in [-0.2, 0) is 0 Å². The zero-order valence-electron chi connectivity index (χ0n) is 12.0. The van der Waals surface area contributed by atoms with Crippen molar-refractivity contribution >= 4 is 17.4 Å². The minimum absolute atomic E-state index is 0.118. The van der Waals surface area contributed by atoms with Crippen LogP contribution in [0.3, 0.4) is 0 Å². The predicted octanol–water partition coefficient (Wildman–Crippen LogP) is 3.75. The first kappa shape index (κ1) is 15.0. The quantitative estimate of drug-likeness (QED) is 0.802. The van der Waals surface area contributed by atoms with Crippen molar-refractivity contribution in [2.24, 2.45) is 0 Å². The molecule has 0 aliphatic rings. The van der Waals surface area contributed by atoms with Gasteiger partial charge in [0.15, 0.2) is 0 Å². The van der Waals surface area contributed by atoms with E-state index in [4.69, 9.17) is 0 Å². The van der Waals surface area contributed by atoms with Gasteiger partial charge in [-0.15, -0.1) is 0 Å². The smallest absolute Gasteiger partial charge is 0.313 e. The standard InChI is InChI=1S/C16H18FN3O/c1-11(18-2)14-5-3-4-6-15(14)20-16(21)19-13-9-7-12(17)8-10-13/h3-11,18H,1-2H3,(H2,19,20,21). The normalized spacial score (nSPS) is 11.8. The number of urea groups is 1. The summed E-state index contributed by atoms with van der Waals surface area (Å²) in [6.45, 7) is 2.01. The van der Waals surface area contributed by atoms with Crippen molar-refractivity contribution in [2.75, 3.05) is 17.7 Å². The summed E-state index contributed by atoms with van der Waals surface area (Å²) in [4.78, 5) is 12.0. The summed E-state index contributed by atoms with van der Waals surface area (Å²) in [6, 6.07) is 12.9. The van der Waals surface area contributed by atoms with Crippen LogP contribution in [0.25, 0.3) is 0 Å². The van der Waals surface area contributed by atoms with E-state index in [-0.39, 0.29) is 17.9 Å². The van der Waals surface area contributed by atoms with Gasteiger partial charge >= 0.3 is 6.03 Å². The molecule has 3 N–H and O–H groups in total. The van der Waals surface area contributed by atoms with Crippen LogP contribution in [-0.4, -0.2) is 13.1 Å². The van der Waals surface area contributed by atoms with Crippen molar-refractivity contribution in [1.82, 2.24) is 5.32 Å². The Morgan fingerprint density at radius 3 is 2.38 bits per heavy atom. The lowest BCUT2D eigenvalue weighted by atomic mass is 10.1. The van der Waals surface area contributed by atoms with Crippen LogP contribution in [0.5, 0.6) is 0 Å². The number of hydrogen-bond acceptors (Lipinski definition) is 2. The largest absolute Gasteiger partial charge is 0.323 e. The molecular formula is C16H18FN3O. The fraction of sp³-hybridized carbons (Fsp3) is 0.188. The van der Waals surface area contributed by atoms with E-state index in [1.807, 2.05) is 38.2 Å². The van der Waals surface area contributed by atoms with Gasteiger partial charge in [-0.3, -0.25) is 0 Å². The van der Waals surface area contributed by atoms with Crippen molar-refractivity contribution in [3.8, 4) is 0 Å². The summed E-state index contributed by atoms with van der Waals surface area (Å²) in [5, 5.41) is 8.61. The molecule has 0 fully saturated rings. The molecule has 0 saturated carbocycles. The number of benzene rings is 2. The number of amides is 2. The van der Waals surface area contributed by atoms with E-state index < -0.39 is 0 Å². The Labute approximate surface area is 123 Å². The maximum absolute atomic E-state index is 12.8. The van der Waals surface area contributed by atoms with Crippen LogP contribution in [0, 0.1) is 5.82 Å².